The number of carbonyl (C=O) groups is 1. The molecule has 96 valence electrons. The number of hydrogen-bond acceptors (Lipinski definition) is 3. The van der Waals surface area contributed by atoms with E-state index < -0.39 is 0 Å². The lowest BCUT2D eigenvalue weighted by Crippen LogP contribution is -2.23. The molecule has 1 amide bonds. The Hall–Kier alpha value is -1.62. The molecule has 0 saturated heterocycles. The second-order valence-corrected chi connectivity index (χ2v) is 5.18. The Morgan fingerprint density at radius 1 is 1.50 bits per heavy atom. The van der Waals surface area contributed by atoms with Gasteiger partial charge in [-0.25, -0.2) is 4.98 Å². The van der Waals surface area contributed by atoms with E-state index in [0.29, 0.717) is 6.54 Å². The van der Waals surface area contributed by atoms with E-state index in [9.17, 15) is 4.79 Å². The molecule has 0 aromatic carbocycles. The van der Waals surface area contributed by atoms with Gasteiger partial charge >= 0.3 is 0 Å². The molecule has 2 N–H and O–H groups in total. The topological polar surface area (TPSA) is 57.8 Å². The van der Waals surface area contributed by atoms with Crippen molar-refractivity contribution in [2.75, 3.05) is 6.54 Å². The fraction of sp³-hybridized carbons (Fsp3) is 0.385. The SMILES string of the molecule is CCc1ccc(C(=O)NCCCc2ncc[nH]2)s1. The lowest BCUT2D eigenvalue weighted by molar-refractivity contribution is 0.0957. The van der Waals surface area contributed by atoms with Gasteiger partial charge in [-0.1, -0.05) is 6.92 Å². The zero-order valence-corrected chi connectivity index (χ0v) is 11.2. The van der Waals surface area contributed by atoms with Crippen molar-refractivity contribution in [2.24, 2.45) is 0 Å². The van der Waals surface area contributed by atoms with Gasteiger partial charge < -0.3 is 10.3 Å². The minimum Gasteiger partial charge on any atom is -0.351 e. The average Bonchev–Trinajstić information content (AvgIpc) is 3.05. The summed E-state index contributed by atoms with van der Waals surface area (Å²) < 4.78 is 0. The number of aromatic amines is 1. The van der Waals surface area contributed by atoms with Crippen LogP contribution in [0.3, 0.4) is 0 Å². The summed E-state index contributed by atoms with van der Waals surface area (Å²) in [4.78, 5) is 21.0. The van der Waals surface area contributed by atoms with Crippen LogP contribution >= 0.6 is 11.3 Å². The number of amides is 1. The first-order chi connectivity index (χ1) is 8.79. The smallest absolute Gasteiger partial charge is 0.261 e. The van der Waals surface area contributed by atoms with Crippen molar-refractivity contribution >= 4 is 17.2 Å². The molecule has 0 saturated carbocycles. The van der Waals surface area contributed by atoms with Crippen LogP contribution in [0.5, 0.6) is 0 Å². The first-order valence-corrected chi connectivity index (χ1v) is 6.96. The summed E-state index contributed by atoms with van der Waals surface area (Å²) in [7, 11) is 0. The van der Waals surface area contributed by atoms with Gasteiger partial charge in [0.05, 0.1) is 4.88 Å². The van der Waals surface area contributed by atoms with Crippen LogP contribution in [0.15, 0.2) is 24.5 Å². The number of carbonyl (C=O) groups excluding carboxylic acids is 1. The van der Waals surface area contributed by atoms with Gasteiger partial charge in [0.25, 0.3) is 5.91 Å². The van der Waals surface area contributed by atoms with E-state index in [-0.39, 0.29) is 5.91 Å². The number of H-pyrrole nitrogens is 1. The number of aryl methyl sites for hydroxylation is 2. The zero-order valence-electron chi connectivity index (χ0n) is 10.4. The van der Waals surface area contributed by atoms with E-state index in [0.717, 1.165) is 30.0 Å². The molecule has 0 spiro atoms. The Bertz CT molecular complexity index is 490. The third-order valence-corrected chi connectivity index (χ3v) is 3.89. The molecular formula is C13H17N3OS. The molecule has 2 aromatic rings. The molecule has 0 fully saturated rings. The highest BCUT2D eigenvalue weighted by Crippen LogP contribution is 2.16. The van der Waals surface area contributed by atoms with Crippen LogP contribution in [0, 0.1) is 0 Å². The number of aromatic nitrogens is 2. The van der Waals surface area contributed by atoms with Crippen molar-refractivity contribution in [3.05, 3.63) is 40.1 Å². The first kappa shape index (κ1) is 12.8. The van der Waals surface area contributed by atoms with Gasteiger partial charge in [-0.3, -0.25) is 4.79 Å². The van der Waals surface area contributed by atoms with Gasteiger partial charge in [0, 0.05) is 30.2 Å². The lowest BCUT2D eigenvalue weighted by atomic mass is 10.3. The number of nitrogens with zero attached hydrogens (tertiary/aromatic N) is 1. The standard InChI is InChI=1S/C13H17N3OS/c1-2-10-5-6-11(18-10)13(17)16-7-3-4-12-14-8-9-15-12/h5-6,8-9H,2-4,7H2,1H3,(H,14,15)(H,16,17). The van der Waals surface area contributed by atoms with Gasteiger partial charge in [-0.2, -0.15) is 0 Å². The van der Waals surface area contributed by atoms with E-state index in [2.05, 4.69) is 22.2 Å². The summed E-state index contributed by atoms with van der Waals surface area (Å²) in [5, 5.41) is 2.93. The van der Waals surface area contributed by atoms with E-state index in [4.69, 9.17) is 0 Å². The van der Waals surface area contributed by atoms with Crippen LogP contribution in [0.4, 0.5) is 0 Å². The maximum Gasteiger partial charge on any atom is 0.261 e. The highest BCUT2D eigenvalue weighted by molar-refractivity contribution is 7.14. The van der Waals surface area contributed by atoms with Crippen molar-refractivity contribution in [2.45, 2.75) is 26.2 Å². The molecule has 18 heavy (non-hydrogen) atoms. The Morgan fingerprint density at radius 3 is 3.06 bits per heavy atom. The second-order valence-electron chi connectivity index (χ2n) is 4.01. The van der Waals surface area contributed by atoms with Crippen molar-refractivity contribution in [1.29, 1.82) is 0 Å². The van der Waals surface area contributed by atoms with Crippen molar-refractivity contribution in [3.63, 3.8) is 0 Å². The summed E-state index contributed by atoms with van der Waals surface area (Å²) in [5.41, 5.74) is 0. The minimum atomic E-state index is 0.0270. The Morgan fingerprint density at radius 2 is 2.39 bits per heavy atom. The molecule has 0 aliphatic carbocycles. The highest BCUT2D eigenvalue weighted by Gasteiger charge is 2.07. The molecular weight excluding hydrogens is 246 g/mol. The molecule has 0 bridgehead atoms. The summed E-state index contributed by atoms with van der Waals surface area (Å²) in [6.07, 6.45) is 6.29. The first-order valence-electron chi connectivity index (χ1n) is 6.14. The number of nitrogens with one attached hydrogen (secondary N) is 2. The molecule has 2 aromatic heterocycles. The molecule has 0 atom stereocenters. The average molecular weight is 263 g/mol. The molecule has 0 unspecified atom stereocenters. The van der Waals surface area contributed by atoms with Crippen LogP contribution < -0.4 is 5.32 Å². The third kappa shape index (κ3) is 3.43. The van der Waals surface area contributed by atoms with Crippen LogP contribution in [-0.4, -0.2) is 22.4 Å². The number of thiophene rings is 1. The van der Waals surface area contributed by atoms with Gasteiger partial charge in [-0.15, -0.1) is 11.3 Å². The molecule has 4 nitrogen and oxygen atoms in total. The number of rotatable bonds is 6. The largest absolute Gasteiger partial charge is 0.351 e. The fourth-order valence-electron chi connectivity index (χ4n) is 1.67. The Kier molecular flexibility index (Phi) is 4.52. The summed E-state index contributed by atoms with van der Waals surface area (Å²) in [5.74, 6) is 0.993. The van der Waals surface area contributed by atoms with Gasteiger partial charge in [-0.05, 0) is 25.0 Å². The number of imidazole rings is 1. The van der Waals surface area contributed by atoms with Crippen LogP contribution in [0.2, 0.25) is 0 Å². The Balaban J connectivity index is 1.71. The zero-order chi connectivity index (χ0) is 12.8. The Labute approximate surface area is 110 Å². The predicted octanol–water partition coefficient (Wildman–Crippen LogP) is 2.40. The maximum absolute atomic E-state index is 11.8. The third-order valence-electron chi connectivity index (χ3n) is 2.66. The molecule has 0 aliphatic rings. The predicted molar refractivity (Wildman–Crippen MR) is 72.9 cm³/mol. The van der Waals surface area contributed by atoms with Crippen LogP contribution in [0.1, 0.15) is 33.7 Å². The van der Waals surface area contributed by atoms with Gasteiger partial charge in [0.2, 0.25) is 0 Å². The highest BCUT2D eigenvalue weighted by atomic mass is 32.1. The van der Waals surface area contributed by atoms with Crippen LogP contribution in [0.25, 0.3) is 0 Å². The van der Waals surface area contributed by atoms with Crippen molar-refractivity contribution < 1.29 is 4.79 Å². The molecule has 0 radical (unpaired) electrons. The monoisotopic (exact) mass is 263 g/mol. The molecule has 5 heteroatoms. The summed E-state index contributed by atoms with van der Waals surface area (Å²) >= 11 is 1.57. The maximum atomic E-state index is 11.8. The lowest BCUT2D eigenvalue weighted by Gasteiger charge is -2.02. The van der Waals surface area contributed by atoms with E-state index in [1.54, 1.807) is 17.5 Å². The summed E-state index contributed by atoms with van der Waals surface area (Å²) in [6, 6.07) is 3.91. The van der Waals surface area contributed by atoms with Crippen molar-refractivity contribution in [1.82, 2.24) is 15.3 Å². The molecule has 2 heterocycles. The van der Waals surface area contributed by atoms with E-state index >= 15 is 0 Å². The van der Waals surface area contributed by atoms with Gasteiger partial charge in [0.1, 0.15) is 5.82 Å². The quantitative estimate of drug-likeness (QED) is 0.786. The second kappa shape index (κ2) is 6.35. The van der Waals surface area contributed by atoms with Crippen LogP contribution in [-0.2, 0) is 12.8 Å². The van der Waals surface area contributed by atoms with Crippen molar-refractivity contribution in [3.8, 4) is 0 Å². The molecule has 2 rings (SSSR count). The fourth-order valence-corrected chi connectivity index (χ4v) is 2.53. The molecule has 0 aliphatic heterocycles. The summed E-state index contributed by atoms with van der Waals surface area (Å²) in [6.45, 7) is 2.77. The normalized spacial score (nSPS) is 10.5. The van der Waals surface area contributed by atoms with E-state index in [1.807, 2.05) is 18.3 Å². The minimum absolute atomic E-state index is 0.0270. The van der Waals surface area contributed by atoms with E-state index in [1.165, 1.54) is 4.88 Å². The number of hydrogen-bond donors (Lipinski definition) is 2. The van der Waals surface area contributed by atoms with Gasteiger partial charge in [0.15, 0.2) is 0 Å².